The number of halogens is 1. The molecular weight excluding hydrogens is 548 g/mol. The molecule has 0 aliphatic carbocycles. The smallest absolute Gasteiger partial charge is 0.164 e. The molecule has 0 spiro atoms. The number of rotatable bonds is 10. The highest BCUT2D eigenvalue weighted by Crippen LogP contribution is 2.55. The lowest BCUT2D eigenvalue weighted by molar-refractivity contribution is -0.179. The summed E-state index contributed by atoms with van der Waals surface area (Å²) in [6.07, 6.45) is -2.32. The third-order valence-electron chi connectivity index (χ3n) is 6.94. The largest absolute Gasteiger partial charge is 0.494 e. The topological polar surface area (TPSA) is 109 Å². The van der Waals surface area contributed by atoms with E-state index in [2.05, 4.69) is 0 Å². The Morgan fingerprint density at radius 3 is 2.32 bits per heavy atom. The molecule has 2 fully saturated rings. The minimum atomic E-state index is -1.55. The fourth-order valence-electron chi connectivity index (χ4n) is 5.12. The minimum absolute atomic E-state index is 0.568. The molecule has 210 valence electrons. The third kappa shape index (κ3) is 6.01. The molecule has 0 saturated carbocycles. The Labute approximate surface area is 237 Å². The molecule has 2 aliphatic heterocycles. The van der Waals surface area contributed by atoms with Gasteiger partial charge in [0, 0.05) is 5.02 Å². The first kappa shape index (κ1) is 30.0. The molecule has 4 rings (SSSR count). The van der Waals surface area contributed by atoms with Crippen molar-refractivity contribution < 1.29 is 34.6 Å². The summed E-state index contributed by atoms with van der Waals surface area (Å²) in [6.45, 7) is 4.72. The molecule has 0 unspecified atom stereocenters. The Bertz CT molecular complexity index is 1070. The zero-order valence-electron chi connectivity index (χ0n) is 21.9. The molecule has 2 aliphatic rings. The van der Waals surface area contributed by atoms with Gasteiger partial charge in [-0.3, -0.25) is 0 Å². The monoisotopic (exact) mass is 584 g/mol. The lowest BCUT2D eigenvalue weighted by atomic mass is 9.88. The molecule has 0 radical (unpaired) electrons. The van der Waals surface area contributed by atoms with Gasteiger partial charge in [0.05, 0.1) is 19.8 Å². The van der Waals surface area contributed by atoms with Gasteiger partial charge >= 0.3 is 0 Å². The van der Waals surface area contributed by atoms with Crippen LogP contribution in [0.1, 0.15) is 43.9 Å². The van der Waals surface area contributed by atoms with Crippen molar-refractivity contribution >= 4 is 35.1 Å². The van der Waals surface area contributed by atoms with Gasteiger partial charge in [0.25, 0.3) is 0 Å². The summed E-state index contributed by atoms with van der Waals surface area (Å²) in [6, 6.07) is 13.6. The maximum absolute atomic E-state index is 11.8. The zero-order chi connectivity index (χ0) is 27.6. The van der Waals surface area contributed by atoms with Crippen LogP contribution in [-0.4, -0.2) is 81.5 Å². The lowest BCUT2D eigenvalue weighted by Gasteiger charge is -2.44. The van der Waals surface area contributed by atoms with Crippen molar-refractivity contribution in [2.75, 3.05) is 31.3 Å². The van der Waals surface area contributed by atoms with Gasteiger partial charge in [0.1, 0.15) is 33.7 Å². The van der Waals surface area contributed by atoms with Crippen LogP contribution in [0.5, 0.6) is 5.75 Å². The van der Waals surface area contributed by atoms with Crippen LogP contribution in [0.3, 0.4) is 0 Å². The van der Waals surface area contributed by atoms with E-state index in [0.29, 0.717) is 18.1 Å². The number of hydrogen-bond donors (Lipinski definition) is 4. The second-order valence-electron chi connectivity index (χ2n) is 10.1. The van der Waals surface area contributed by atoms with Crippen molar-refractivity contribution in [2.24, 2.45) is 0 Å². The molecule has 2 heterocycles. The Morgan fingerprint density at radius 1 is 1.05 bits per heavy atom. The predicted octanol–water partition coefficient (Wildman–Crippen LogP) is 3.95. The van der Waals surface area contributed by atoms with E-state index in [1.165, 1.54) is 0 Å². The molecule has 0 amide bonds. The van der Waals surface area contributed by atoms with E-state index in [1.54, 1.807) is 37.4 Å². The quantitative estimate of drug-likeness (QED) is 0.330. The fraction of sp³-hybridized carbons (Fsp3) is 0.571. The molecule has 2 saturated heterocycles. The molecular formula is C28H37ClO7S2. The van der Waals surface area contributed by atoms with Crippen molar-refractivity contribution in [3.63, 3.8) is 0 Å². The lowest BCUT2D eigenvalue weighted by Crippen LogP contribution is -2.58. The number of benzene rings is 2. The van der Waals surface area contributed by atoms with Crippen molar-refractivity contribution in [1.29, 1.82) is 0 Å². The molecule has 4 N–H and O–H groups in total. The molecule has 2 aromatic rings. The van der Waals surface area contributed by atoms with E-state index >= 15 is 0 Å². The minimum Gasteiger partial charge on any atom is -0.494 e. The number of aliphatic hydroxyl groups excluding tert-OH is 4. The van der Waals surface area contributed by atoms with Gasteiger partial charge in [-0.05, 0) is 80.0 Å². The maximum Gasteiger partial charge on any atom is 0.164 e. The van der Waals surface area contributed by atoms with Crippen molar-refractivity contribution in [3.8, 4) is 5.75 Å². The second-order valence-corrected chi connectivity index (χ2v) is 13.5. The van der Waals surface area contributed by atoms with Crippen LogP contribution < -0.4 is 4.74 Å². The molecule has 0 bridgehead atoms. The van der Waals surface area contributed by atoms with Gasteiger partial charge in [-0.25, -0.2) is 0 Å². The summed E-state index contributed by atoms with van der Waals surface area (Å²) in [5, 5.41) is 44.1. The highest BCUT2D eigenvalue weighted by molar-refractivity contribution is 8.18. The number of aliphatic hydroxyl groups is 4. The first-order valence-corrected chi connectivity index (χ1v) is 15.2. The van der Waals surface area contributed by atoms with Gasteiger partial charge in [-0.2, -0.15) is 0 Å². The third-order valence-corrected chi connectivity index (χ3v) is 10.8. The van der Waals surface area contributed by atoms with E-state index < -0.39 is 47.0 Å². The summed E-state index contributed by atoms with van der Waals surface area (Å²) in [5.74, 6) is 1.26. The van der Waals surface area contributed by atoms with Gasteiger partial charge in [-0.15, -0.1) is 23.5 Å². The summed E-state index contributed by atoms with van der Waals surface area (Å²) >= 11 is 9.77. The molecule has 10 heteroatoms. The highest BCUT2D eigenvalue weighted by Gasteiger charge is 2.59. The van der Waals surface area contributed by atoms with Crippen molar-refractivity contribution in [3.05, 3.63) is 64.2 Å². The van der Waals surface area contributed by atoms with Crippen LogP contribution >= 0.6 is 35.1 Å². The van der Waals surface area contributed by atoms with Crippen LogP contribution in [0.2, 0.25) is 5.02 Å². The first-order valence-electron chi connectivity index (χ1n) is 12.8. The number of hydrogen-bond acceptors (Lipinski definition) is 9. The second kappa shape index (κ2) is 12.2. The average Bonchev–Trinajstić information content (AvgIpc) is 3.21. The van der Waals surface area contributed by atoms with Crippen LogP contribution in [0, 0.1) is 0 Å². The first-order chi connectivity index (χ1) is 18.1. The van der Waals surface area contributed by atoms with Crippen molar-refractivity contribution in [2.45, 2.75) is 67.4 Å². The van der Waals surface area contributed by atoms with Crippen LogP contribution in [-0.2, 0) is 20.0 Å². The number of thioether (sulfide) groups is 2. The molecule has 0 aromatic heterocycles. The SMILES string of the molecule is CCOc1ccc(Cc2cc(C3([C@H](O)[C@@H](O)[C@@H]4OC(C)(C)OC4(CO)CO)SCCCS3)ccc2Cl)cc1. The highest BCUT2D eigenvalue weighted by atomic mass is 35.5. The van der Waals surface area contributed by atoms with Crippen LogP contribution in [0.25, 0.3) is 0 Å². The van der Waals surface area contributed by atoms with Crippen molar-refractivity contribution in [1.82, 2.24) is 0 Å². The maximum atomic E-state index is 11.8. The molecule has 2 aromatic carbocycles. The van der Waals surface area contributed by atoms with E-state index in [0.717, 1.165) is 40.4 Å². The molecule has 3 atom stereocenters. The van der Waals surface area contributed by atoms with Crippen LogP contribution in [0.15, 0.2) is 42.5 Å². The van der Waals surface area contributed by atoms with E-state index in [4.69, 9.17) is 25.8 Å². The van der Waals surface area contributed by atoms with E-state index in [1.807, 2.05) is 49.4 Å². The Balaban J connectivity index is 1.66. The van der Waals surface area contributed by atoms with Gasteiger partial charge < -0.3 is 34.6 Å². The summed E-state index contributed by atoms with van der Waals surface area (Å²) in [4.78, 5) is 0. The fourth-order valence-corrected chi connectivity index (χ4v) is 8.72. The van der Waals surface area contributed by atoms with Gasteiger partial charge in [0.2, 0.25) is 0 Å². The Kier molecular flexibility index (Phi) is 9.65. The Morgan fingerprint density at radius 2 is 1.71 bits per heavy atom. The van der Waals surface area contributed by atoms with E-state index in [9.17, 15) is 20.4 Å². The predicted molar refractivity (Wildman–Crippen MR) is 152 cm³/mol. The Hall–Kier alpha value is -1.01. The standard InChI is InChI=1S/C28H37ClO7S2/c1-4-34-21-9-6-18(7-10-21)14-19-15-20(8-11-22(19)29)28(37-12-5-13-38-28)24(33)23(32)25-27(16-30,17-31)36-26(2,3)35-25/h6-11,15,23-25,30-33H,4-5,12-14,16-17H2,1-3H3/t23-,24-,25+/m1/s1. The van der Waals surface area contributed by atoms with Gasteiger partial charge in [0.15, 0.2) is 5.79 Å². The normalized spacial score (nSPS) is 23.6. The van der Waals surface area contributed by atoms with E-state index in [-0.39, 0.29) is 0 Å². The average molecular weight is 585 g/mol. The molecule has 7 nitrogen and oxygen atoms in total. The number of ether oxygens (including phenoxy) is 3. The summed E-state index contributed by atoms with van der Waals surface area (Å²) in [5.41, 5.74) is 1.26. The molecule has 38 heavy (non-hydrogen) atoms. The zero-order valence-corrected chi connectivity index (χ0v) is 24.3. The van der Waals surface area contributed by atoms with Gasteiger partial charge in [-0.1, -0.05) is 35.9 Å². The van der Waals surface area contributed by atoms with Crippen LogP contribution in [0.4, 0.5) is 0 Å². The summed E-state index contributed by atoms with van der Waals surface area (Å²) in [7, 11) is 0. The summed E-state index contributed by atoms with van der Waals surface area (Å²) < 4.78 is 16.4.